The van der Waals surface area contributed by atoms with Crippen LogP contribution in [-0.2, 0) is 14.9 Å². The lowest BCUT2D eigenvalue weighted by atomic mass is 9.68. The molecule has 2 N–H and O–H groups in total. The molecule has 1 spiro atoms. The third-order valence-electron chi connectivity index (χ3n) is 6.52. The second-order valence-corrected chi connectivity index (χ2v) is 8.16. The summed E-state index contributed by atoms with van der Waals surface area (Å²) in [6.07, 6.45) is 4.48. The summed E-state index contributed by atoms with van der Waals surface area (Å²) in [5, 5.41) is 6.05. The van der Waals surface area contributed by atoms with Gasteiger partial charge in [0, 0.05) is 30.9 Å². The summed E-state index contributed by atoms with van der Waals surface area (Å²) < 4.78 is 4.99. The van der Waals surface area contributed by atoms with Gasteiger partial charge in [0.2, 0.25) is 5.91 Å². The molecule has 4 rings (SSSR count). The number of anilines is 1. The Kier molecular flexibility index (Phi) is 4.84. The average Bonchev–Trinajstić information content (AvgIpc) is 3.20. The lowest BCUT2D eigenvalue weighted by Gasteiger charge is -2.39. The number of nitrogens with one attached hydrogen (secondary N) is 2. The summed E-state index contributed by atoms with van der Waals surface area (Å²) in [6, 6.07) is 6.94. The molecular formula is C21H29N3O3. The maximum absolute atomic E-state index is 12.8. The van der Waals surface area contributed by atoms with Crippen molar-refractivity contribution in [2.45, 2.75) is 63.5 Å². The van der Waals surface area contributed by atoms with Gasteiger partial charge < -0.3 is 15.4 Å². The molecule has 0 bridgehead atoms. The van der Waals surface area contributed by atoms with Crippen LogP contribution in [0, 0.1) is 6.92 Å². The largest absolute Gasteiger partial charge is 0.450 e. The third kappa shape index (κ3) is 3.31. The van der Waals surface area contributed by atoms with Crippen molar-refractivity contribution >= 4 is 17.7 Å². The molecule has 146 valence electrons. The topological polar surface area (TPSA) is 70.7 Å². The van der Waals surface area contributed by atoms with E-state index >= 15 is 0 Å². The van der Waals surface area contributed by atoms with Crippen LogP contribution < -0.4 is 10.6 Å². The SMILES string of the molecule is CCOC(=O)N[C@H]1CCN(C2CCC3(CC2)C(=O)Nc2ccc(C)cc23)C1. The van der Waals surface area contributed by atoms with Crippen molar-refractivity contribution in [3.05, 3.63) is 29.3 Å². The number of fused-ring (bicyclic) bond motifs is 2. The van der Waals surface area contributed by atoms with Gasteiger partial charge in [-0.25, -0.2) is 4.79 Å². The predicted octanol–water partition coefficient (Wildman–Crippen LogP) is 2.95. The number of hydrogen-bond acceptors (Lipinski definition) is 4. The number of likely N-dealkylation sites (tertiary alicyclic amines) is 1. The van der Waals surface area contributed by atoms with Crippen molar-refractivity contribution < 1.29 is 14.3 Å². The summed E-state index contributed by atoms with van der Waals surface area (Å²) in [6.45, 7) is 6.17. The Morgan fingerprint density at radius 3 is 2.85 bits per heavy atom. The van der Waals surface area contributed by atoms with Crippen LogP contribution in [-0.4, -0.2) is 48.7 Å². The van der Waals surface area contributed by atoms with Crippen molar-refractivity contribution in [1.29, 1.82) is 0 Å². The first-order valence-corrected chi connectivity index (χ1v) is 10.1. The molecule has 1 aromatic rings. The summed E-state index contributed by atoms with van der Waals surface area (Å²) >= 11 is 0. The number of carbonyl (C=O) groups is 2. The Labute approximate surface area is 160 Å². The minimum Gasteiger partial charge on any atom is -0.450 e. The van der Waals surface area contributed by atoms with Gasteiger partial charge in [-0.1, -0.05) is 17.7 Å². The monoisotopic (exact) mass is 371 g/mol. The highest BCUT2D eigenvalue weighted by Crippen LogP contribution is 2.48. The van der Waals surface area contributed by atoms with Crippen LogP contribution in [0.1, 0.15) is 50.2 Å². The lowest BCUT2D eigenvalue weighted by Crippen LogP contribution is -2.45. The number of nitrogens with zero attached hydrogens (tertiary/aromatic N) is 1. The van der Waals surface area contributed by atoms with E-state index in [4.69, 9.17) is 4.74 Å². The molecule has 6 heteroatoms. The van der Waals surface area contributed by atoms with E-state index in [1.165, 1.54) is 11.1 Å². The Bertz CT molecular complexity index is 740. The summed E-state index contributed by atoms with van der Waals surface area (Å²) in [4.78, 5) is 26.9. The quantitative estimate of drug-likeness (QED) is 0.857. The van der Waals surface area contributed by atoms with Crippen LogP contribution in [0.5, 0.6) is 0 Å². The second kappa shape index (κ2) is 7.15. The highest BCUT2D eigenvalue weighted by molar-refractivity contribution is 6.06. The number of benzene rings is 1. The predicted molar refractivity (Wildman–Crippen MR) is 104 cm³/mol. The van der Waals surface area contributed by atoms with E-state index in [1.54, 1.807) is 0 Å². The van der Waals surface area contributed by atoms with Crippen molar-refractivity contribution in [1.82, 2.24) is 10.2 Å². The van der Waals surface area contributed by atoms with E-state index in [-0.39, 0.29) is 23.5 Å². The normalized spacial score (nSPS) is 30.2. The van der Waals surface area contributed by atoms with Gasteiger partial charge in [-0.15, -0.1) is 0 Å². The van der Waals surface area contributed by atoms with Gasteiger partial charge in [-0.05, 0) is 57.6 Å². The van der Waals surface area contributed by atoms with Gasteiger partial charge in [0.05, 0.1) is 12.0 Å². The first kappa shape index (κ1) is 18.3. The standard InChI is InChI=1S/C21H29N3O3/c1-3-27-20(26)22-15-8-11-24(13-15)16-6-9-21(10-7-16)17-12-14(2)4-5-18(17)23-19(21)25/h4-5,12,15-16H,3,6-11,13H2,1-2H3,(H,22,26)(H,23,25)/t15-,16?,21?/m0/s1. The van der Waals surface area contributed by atoms with Crippen molar-refractivity contribution in [3.8, 4) is 0 Å². The number of rotatable bonds is 3. The molecule has 3 aliphatic rings. The number of aryl methyl sites for hydroxylation is 1. The van der Waals surface area contributed by atoms with Crippen LogP contribution in [0.2, 0.25) is 0 Å². The molecule has 2 fully saturated rings. The lowest BCUT2D eigenvalue weighted by molar-refractivity contribution is -0.122. The zero-order valence-electron chi connectivity index (χ0n) is 16.2. The molecule has 1 aromatic carbocycles. The van der Waals surface area contributed by atoms with Gasteiger partial charge >= 0.3 is 6.09 Å². The Balaban J connectivity index is 1.38. The molecule has 27 heavy (non-hydrogen) atoms. The maximum Gasteiger partial charge on any atom is 0.407 e. The van der Waals surface area contributed by atoms with Crippen molar-refractivity contribution in [2.24, 2.45) is 0 Å². The second-order valence-electron chi connectivity index (χ2n) is 8.16. The molecule has 0 unspecified atom stereocenters. The van der Waals surface area contributed by atoms with Gasteiger partial charge in [0.1, 0.15) is 0 Å². The van der Waals surface area contributed by atoms with Gasteiger partial charge in [-0.3, -0.25) is 9.69 Å². The number of alkyl carbamates (subject to hydrolysis) is 1. The van der Waals surface area contributed by atoms with Crippen LogP contribution in [0.4, 0.5) is 10.5 Å². The molecule has 2 amide bonds. The number of carbonyl (C=O) groups excluding carboxylic acids is 2. The molecule has 1 aliphatic carbocycles. The fourth-order valence-electron chi connectivity index (χ4n) is 5.06. The molecule has 0 radical (unpaired) electrons. The van der Waals surface area contributed by atoms with E-state index in [9.17, 15) is 9.59 Å². The van der Waals surface area contributed by atoms with E-state index in [0.29, 0.717) is 12.6 Å². The third-order valence-corrected chi connectivity index (χ3v) is 6.52. The highest BCUT2D eigenvalue weighted by Gasteiger charge is 2.49. The molecule has 1 atom stereocenters. The van der Waals surface area contributed by atoms with Gasteiger partial charge in [-0.2, -0.15) is 0 Å². The minimum atomic E-state index is -0.347. The smallest absolute Gasteiger partial charge is 0.407 e. The summed E-state index contributed by atoms with van der Waals surface area (Å²) in [7, 11) is 0. The molecule has 2 heterocycles. The fourth-order valence-corrected chi connectivity index (χ4v) is 5.06. The number of amides is 2. The van der Waals surface area contributed by atoms with Crippen molar-refractivity contribution in [3.63, 3.8) is 0 Å². The molecule has 0 aromatic heterocycles. The highest BCUT2D eigenvalue weighted by atomic mass is 16.5. The van der Waals surface area contributed by atoms with Gasteiger partial charge in [0.25, 0.3) is 0 Å². The molecule has 6 nitrogen and oxygen atoms in total. The molecule has 1 saturated carbocycles. The van der Waals surface area contributed by atoms with Crippen LogP contribution in [0.25, 0.3) is 0 Å². The van der Waals surface area contributed by atoms with Crippen LogP contribution in [0.3, 0.4) is 0 Å². The summed E-state index contributed by atoms with van der Waals surface area (Å²) in [5.41, 5.74) is 3.04. The first-order chi connectivity index (χ1) is 13.0. The van der Waals surface area contributed by atoms with E-state index < -0.39 is 0 Å². The van der Waals surface area contributed by atoms with Crippen LogP contribution >= 0.6 is 0 Å². The fraction of sp³-hybridized carbons (Fsp3) is 0.619. The zero-order valence-corrected chi connectivity index (χ0v) is 16.2. The first-order valence-electron chi connectivity index (χ1n) is 10.1. The Morgan fingerprint density at radius 1 is 1.33 bits per heavy atom. The Morgan fingerprint density at radius 2 is 2.11 bits per heavy atom. The van der Waals surface area contributed by atoms with E-state index in [2.05, 4.69) is 34.6 Å². The number of ether oxygens (including phenoxy) is 1. The number of hydrogen-bond donors (Lipinski definition) is 2. The Hall–Kier alpha value is -2.08. The van der Waals surface area contributed by atoms with Crippen LogP contribution in [0.15, 0.2) is 18.2 Å². The van der Waals surface area contributed by atoms with E-state index in [1.807, 2.05) is 13.0 Å². The molecule has 1 saturated heterocycles. The molecular weight excluding hydrogens is 342 g/mol. The van der Waals surface area contributed by atoms with Crippen molar-refractivity contribution in [2.75, 3.05) is 25.0 Å². The minimum absolute atomic E-state index is 0.165. The van der Waals surface area contributed by atoms with Gasteiger partial charge in [0.15, 0.2) is 0 Å². The summed E-state index contributed by atoms with van der Waals surface area (Å²) in [5.74, 6) is 0.171. The average molecular weight is 371 g/mol. The maximum atomic E-state index is 12.8. The molecule has 2 aliphatic heterocycles. The van der Waals surface area contributed by atoms with E-state index in [0.717, 1.165) is 50.9 Å². The zero-order chi connectivity index (χ0) is 19.0.